The number of amides is 1. The first-order valence-corrected chi connectivity index (χ1v) is 9.75. The molecule has 3 heterocycles. The average molecular weight is 387 g/mol. The fraction of sp³-hybridized carbons (Fsp3) is 0.217. The number of aromatic nitrogens is 1. The first-order chi connectivity index (χ1) is 14.3. The predicted molar refractivity (Wildman–Crippen MR) is 111 cm³/mol. The Labute approximate surface area is 169 Å². The van der Waals surface area contributed by atoms with Crippen molar-refractivity contribution in [3.63, 3.8) is 0 Å². The molecule has 2 aromatic carbocycles. The van der Waals surface area contributed by atoms with Crippen LogP contribution in [0.5, 0.6) is 11.5 Å². The number of para-hydroxylation sites is 2. The molecule has 29 heavy (non-hydrogen) atoms. The van der Waals surface area contributed by atoms with E-state index in [0.29, 0.717) is 30.4 Å². The summed E-state index contributed by atoms with van der Waals surface area (Å²) in [4.78, 5) is 20.0. The lowest BCUT2D eigenvalue weighted by atomic mass is 9.87. The number of benzene rings is 2. The van der Waals surface area contributed by atoms with Crippen LogP contribution in [0, 0.1) is 0 Å². The molecule has 0 spiro atoms. The van der Waals surface area contributed by atoms with E-state index in [1.165, 1.54) is 0 Å². The summed E-state index contributed by atoms with van der Waals surface area (Å²) in [6.45, 7) is 3.08. The molecule has 0 bridgehead atoms. The van der Waals surface area contributed by atoms with Gasteiger partial charge in [-0.1, -0.05) is 36.4 Å². The van der Waals surface area contributed by atoms with Crippen LogP contribution in [0.25, 0.3) is 0 Å². The van der Waals surface area contributed by atoms with Gasteiger partial charge in [-0.25, -0.2) is 4.98 Å². The van der Waals surface area contributed by atoms with E-state index in [-0.39, 0.29) is 5.91 Å². The zero-order chi connectivity index (χ0) is 19.6. The van der Waals surface area contributed by atoms with Crippen LogP contribution in [0.1, 0.15) is 17.0 Å². The summed E-state index contributed by atoms with van der Waals surface area (Å²) < 4.78 is 11.4. The molecule has 2 aliphatic heterocycles. The monoisotopic (exact) mass is 387 g/mol. The van der Waals surface area contributed by atoms with Gasteiger partial charge in [-0.3, -0.25) is 4.79 Å². The number of hydrogen-bond acceptors (Lipinski definition) is 5. The van der Waals surface area contributed by atoms with E-state index in [2.05, 4.69) is 15.2 Å². The molecular formula is C23H21N3O3. The van der Waals surface area contributed by atoms with Crippen molar-refractivity contribution in [2.75, 3.05) is 36.5 Å². The zero-order valence-corrected chi connectivity index (χ0v) is 15.9. The molecule has 146 valence electrons. The Bertz CT molecular complexity index is 984. The Morgan fingerprint density at radius 1 is 0.931 bits per heavy atom. The van der Waals surface area contributed by atoms with Gasteiger partial charge in [-0.2, -0.15) is 0 Å². The number of ether oxygens (including phenoxy) is 2. The van der Waals surface area contributed by atoms with E-state index < -0.39 is 5.92 Å². The lowest BCUT2D eigenvalue weighted by Gasteiger charge is -2.28. The molecule has 3 aromatic rings. The molecule has 0 atom stereocenters. The number of morpholine rings is 1. The smallest absolute Gasteiger partial charge is 0.236 e. The predicted octanol–water partition coefficient (Wildman–Crippen LogP) is 3.79. The minimum absolute atomic E-state index is 0.103. The summed E-state index contributed by atoms with van der Waals surface area (Å²) in [5.74, 6) is 1.79. The van der Waals surface area contributed by atoms with Crippen LogP contribution in [0.2, 0.25) is 0 Å². The highest BCUT2D eigenvalue weighted by Crippen LogP contribution is 2.44. The fourth-order valence-corrected chi connectivity index (χ4v) is 3.85. The second-order valence-electron chi connectivity index (χ2n) is 7.10. The molecule has 6 heteroatoms. The lowest BCUT2D eigenvalue weighted by molar-refractivity contribution is -0.116. The molecule has 1 saturated heterocycles. The van der Waals surface area contributed by atoms with Gasteiger partial charge in [0.05, 0.1) is 31.0 Å². The molecule has 0 unspecified atom stereocenters. The van der Waals surface area contributed by atoms with Gasteiger partial charge in [0.2, 0.25) is 5.91 Å². The van der Waals surface area contributed by atoms with Crippen LogP contribution in [-0.2, 0) is 9.53 Å². The van der Waals surface area contributed by atoms with E-state index in [0.717, 1.165) is 30.0 Å². The maximum Gasteiger partial charge on any atom is 0.236 e. The summed E-state index contributed by atoms with van der Waals surface area (Å²) >= 11 is 0. The molecular weight excluding hydrogens is 366 g/mol. The SMILES string of the molecule is O=C(Nc1ccc(N2CCOCC2)nc1)C1c2ccccc2Oc2ccccc21. The van der Waals surface area contributed by atoms with Crippen molar-refractivity contribution in [2.24, 2.45) is 0 Å². The van der Waals surface area contributed by atoms with Gasteiger partial charge in [0.15, 0.2) is 0 Å². The third kappa shape index (κ3) is 3.43. The van der Waals surface area contributed by atoms with Gasteiger partial charge >= 0.3 is 0 Å². The first-order valence-electron chi connectivity index (χ1n) is 9.75. The minimum Gasteiger partial charge on any atom is -0.457 e. The summed E-state index contributed by atoms with van der Waals surface area (Å²) in [6, 6.07) is 19.2. The number of pyridine rings is 1. The molecule has 1 N–H and O–H groups in total. The topological polar surface area (TPSA) is 63.7 Å². The van der Waals surface area contributed by atoms with Gasteiger partial charge in [0.25, 0.3) is 0 Å². The van der Waals surface area contributed by atoms with Crippen molar-refractivity contribution < 1.29 is 14.3 Å². The molecule has 0 aliphatic carbocycles. The van der Waals surface area contributed by atoms with Crippen LogP contribution in [0.3, 0.4) is 0 Å². The third-order valence-corrected chi connectivity index (χ3v) is 5.29. The van der Waals surface area contributed by atoms with Gasteiger partial charge in [0, 0.05) is 24.2 Å². The number of rotatable bonds is 3. The maximum atomic E-state index is 13.3. The van der Waals surface area contributed by atoms with Crippen molar-refractivity contribution in [3.8, 4) is 11.5 Å². The number of nitrogens with zero attached hydrogens (tertiary/aromatic N) is 2. The van der Waals surface area contributed by atoms with E-state index in [9.17, 15) is 4.79 Å². The van der Waals surface area contributed by atoms with Crippen LogP contribution >= 0.6 is 0 Å². The lowest BCUT2D eigenvalue weighted by Crippen LogP contribution is -2.36. The van der Waals surface area contributed by atoms with E-state index in [4.69, 9.17) is 9.47 Å². The average Bonchev–Trinajstić information content (AvgIpc) is 2.78. The molecule has 1 amide bonds. The van der Waals surface area contributed by atoms with Crippen molar-refractivity contribution in [1.82, 2.24) is 4.98 Å². The summed E-state index contributed by atoms with van der Waals surface area (Å²) in [6.07, 6.45) is 1.71. The molecule has 6 nitrogen and oxygen atoms in total. The first kappa shape index (κ1) is 17.7. The summed E-state index contributed by atoms with van der Waals surface area (Å²) in [5.41, 5.74) is 2.40. The van der Waals surface area contributed by atoms with Gasteiger partial charge in [-0.15, -0.1) is 0 Å². The molecule has 1 fully saturated rings. The van der Waals surface area contributed by atoms with Crippen LogP contribution in [0.15, 0.2) is 66.9 Å². The van der Waals surface area contributed by atoms with Crippen LogP contribution < -0.4 is 15.0 Å². The molecule has 5 rings (SSSR count). The second kappa shape index (κ2) is 7.56. The second-order valence-corrected chi connectivity index (χ2v) is 7.10. The minimum atomic E-state index is -0.435. The van der Waals surface area contributed by atoms with E-state index in [1.54, 1.807) is 6.20 Å². The molecule has 0 saturated carbocycles. The molecule has 1 aromatic heterocycles. The Hall–Kier alpha value is -3.38. The van der Waals surface area contributed by atoms with Crippen molar-refractivity contribution in [3.05, 3.63) is 78.0 Å². The quantitative estimate of drug-likeness (QED) is 0.741. The Morgan fingerprint density at radius 3 is 2.21 bits per heavy atom. The van der Waals surface area contributed by atoms with Crippen LogP contribution in [-0.4, -0.2) is 37.2 Å². The highest BCUT2D eigenvalue weighted by Gasteiger charge is 2.32. The van der Waals surface area contributed by atoms with E-state index in [1.807, 2.05) is 60.7 Å². The third-order valence-electron chi connectivity index (χ3n) is 5.29. The fourth-order valence-electron chi connectivity index (χ4n) is 3.85. The maximum absolute atomic E-state index is 13.3. The van der Waals surface area contributed by atoms with Crippen LogP contribution in [0.4, 0.5) is 11.5 Å². The number of nitrogens with one attached hydrogen (secondary N) is 1. The normalized spacial score (nSPS) is 15.8. The Balaban J connectivity index is 1.40. The zero-order valence-electron chi connectivity index (χ0n) is 15.9. The summed E-state index contributed by atoms with van der Waals surface area (Å²) in [7, 11) is 0. The standard InChI is InChI=1S/C23H21N3O3/c27-23(25-16-9-10-21(24-15-16)26-11-13-28-14-12-26)22-17-5-1-3-7-19(17)29-20-8-4-2-6-18(20)22/h1-10,15,22H,11-14H2,(H,25,27). The molecule has 2 aliphatic rings. The largest absolute Gasteiger partial charge is 0.457 e. The number of carbonyl (C=O) groups is 1. The van der Waals surface area contributed by atoms with Gasteiger partial charge in [0.1, 0.15) is 17.3 Å². The van der Waals surface area contributed by atoms with Gasteiger partial charge in [-0.05, 0) is 24.3 Å². The number of anilines is 2. The number of hydrogen-bond donors (Lipinski definition) is 1. The number of fused-ring (bicyclic) bond motifs is 2. The van der Waals surface area contributed by atoms with Crippen molar-refractivity contribution in [2.45, 2.75) is 5.92 Å². The van der Waals surface area contributed by atoms with Crippen molar-refractivity contribution in [1.29, 1.82) is 0 Å². The Kier molecular flexibility index (Phi) is 4.62. The van der Waals surface area contributed by atoms with E-state index >= 15 is 0 Å². The molecule has 0 radical (unpaired) electrons. The highest BCUT2D eigenvalue weighted by atomic mass is 16.5. The van der Waals surface area contributed by atoms with Crippen molar-refractivity contribution >= 4 is 17.4 Å². The Morgan fingerprint density at radius 2 is 1.59 bits per heavy atom. The van der Waals surface area contributed by atoms with Gasteiger partial charge < -0.3 is 19.7 Å². The highest BCUT2D eigenvalue weighted by molar-refractivity contribution is 5.99. The summed E-state index contributed by atoms with van der Waals surface area (Å²) in [5, 5.41) is 3.02. The number of carbonyl (C=O) groups excluding carboxylic acids is 1.